The molecule has 0 unspecified atom stereocenters. The number of nitrogens with one attached hydrogen (secondary N) is 1. The van der Waals surface area contributed by atoms with Gasteiger partial charge in [0.2, 0.25) is 0 Å². The van der Waals surface area contributed by atoms with Crippen molar-refractivity contribution in [2.75, 3.05) is 45.8 Å². The zero-order valence-electron chi connectivity index (χ0n) is 13.4. The minimum absolute atomic E-state index is 0.0102. The average molecular weight is 290 g/mol. The van der Waals surface area contributed by atoms with Crippen molar-refractivity contribution in [3.05, 3.63) is 23.8 Å². The number of carbonyl (C=O) groups excluding carboxylic acids is 1. The Labute approximate surface area is 127 Å². The quantitative estimate of drug-likeness (QED) is 0.813. The van der Waals surface area contributed by atoms with E-state index in [1.807, 2.05) is 6.07 Å². The van der Waals surface area contributed by atoms with Gasteiger partial charge in [-0.25, -0.2) is 0 Å². The lowest BCUT2D eigenvalue weighted by molar-refractivity contribution is 0.0739. The summed E-state index contributed by atoms with van der Waals surface area (Å²) in [4.78, 5) is 15.9. The van der Waals surface area contributed by atoms with Crippen LogP contribution in [-0.2, 0) is 0 Å². The van der Waals surface area contributed by atoms with Gasteiger partial charge in [0.1, 0.15) is 0 Å². The Morgan fingerprint density at radius 1 is 1.29 bits per heavy atom. The summed E-state index contributed by atoms with van der Waals surface area (Å²) in [5.74, 6) is -0.0102. The molecule has 5 nitrogen and oxygen atoms in total. The Balaban J connectivity index is 2.12. The minimum atomic E-state index is -0.0102. The van der Waals surface area contributed by atoms with Gasteiger partial charge in [0.25, 0.3) is 5.91 Å². The Kier molecular flexibility index (Phi) is 4.42. The molecule has 0 aliphatic heterocycles. The van der Waals surface area contributed by atoms with Gasteiger partial charge in [-0.05, 0) is 51.6 Å². The molecular weight excluding hydrogens is 264 g/mol. The van der Waals surface area contributed by atoms with Gasteiger partial charge >= 0.3 is 0 Å². The molecule has 0 aromatic heterocycles. The molecule has 21 heavy (non-hydrogen) atoms. The van der Waals surface area contributed by atoms with Crippen LogP contribution in [0.4, 0.5) is 11.4 Å². The van der Waals surface area contributed by atoms with Gasteiger partial charge in [0.05, 0.1) is 11.4 Å². The molecule has 0 heterocycles. The number of amides is 1. The summed E-state index contributed by atoms with van der Waals surface area (Å²) < 4.78 is 0. The molecule has 0 saturated heterocycles. The summed E-state index contributed by atoms with van der Waals surface area (Å²) in [6, 6.07) is 5.41. The molecule has 1 aliphatic rings. The fourth-order valence-corrected chi connectivity index (χ4v) is 2.73. The largest absolute Gasteiger partial charge is 0.397 e. The predicted molar refractivity (Wildman–Crippen MR) is 87.6 cm³/mol. The van der Waals surface area contributed by atoms with Gasteiger partial charge in [-0.15, -0.1) is 0 Å². The first kappa shape index (κ1) is 15.6. The summed E-state index contributed by atoms with van der Waals surface area (Å²) in [5.41, 5.74) is 8.43. The molecule has 116 valence electrons. The summed E-state index contributed by atoms with van der Waals surface area (Å²) in [7, 11) is 7.74. The number of benzene rings is 1. The summed E-state index contributed by atoms with van der Waals surface area (Å²) in [6.07, 6.45) is 3.67. The lowest BCUT2D eigenvalue weighted by Crippen LogP contribution is -2.54. The SMILES string of the molecule is CN(C)C(=O)c1ccc(N)c(NCC2(N(C)C)CCC2)c1. The highest BCUT2D eigenvalue weighted by molar-refractivity contribution is 5.95. The first-order chi connectivity index (χ1) is 9.85. The monoisotopic (exact) mass is 290 g/mol. The Morgan fingerprint density at radius 3 is 2.43 bits per heavy atom. The van der Waals surface area contributed by atoms with Crippen LogP contribution in [0, 0.1) is 0 Å². The first-order valence-corrected chi connectivity index (χ1v) is 7.38. The van der Waals surface area contributed by atoms with Gasteiger partial charge < -0.3 is 20.9 Å². The van der Waals surface area contributed by atoms with E-state index in [9.17, 15) is 4.79 Å². The standard InChI is InChI=1S/C16H26N4O/c1-19(2)15(21)12-6-7-13(17)14(10-12)18-11-16(20(3)4)8-5-9-16/h6-7,10,18H,5,8-9,11,17H2,1-4H3. The highest BCUT2D eigenvalue weighted by Crippen LogP contribution is 2.36. The Morgan fingerprint density at radius 2 is 1.95 bits per heavy atom. The zero-order chi connectivity index (χ0) is 15.6. The van der Waals surface area contributed by atoms with E-state index in [4.69, 9.17) is 5.73 Å². The average Bonchev–Trinajstić information content (AvgIpc) is 2.38. The maximum atomic E-state index is 12.0. The van der Waals surface area contributed by atoms with Crippen LogP contribution in [0.25, 0.3) is 0 Å². The molecule has 3 N–H and O–H groups in total. The fraction of sp³-hybridized carbons (Fsp3) is 0.562. The highest BCUT2D eigenvalue weighted by Gasteiger charge is 2.38. The maximum absolute atomic E-state index is 12.0. The summed E-state index contributed by atoms with van der Waals surface area (Å²) >= 11 is 0. The van der Waals surface area contributed by atoms with E-state index in [2.05, 4.69) is 24.3 Å². The predicted octanol–water partition coefficient (Wildman–Crippen LogP) is 1.87. The molecule has 0 atom stereocenters. The van der Waals surface area contributed by atoms with Crippen LogP contribution in [0.2, 0.25) is 0 Å². The Bertz CT molecular complexity index is 521. The molecule has 1 aliphatic carbocycles. The maximum Gasteiger partial charge on any atom is 0.253 e. The van der Waals surface area contributed by atoms with Crippen LogP contribution in [0.1, 0.15) is 29.6 Å². The number of rotatable bonds is 5. The number of nitrogen functional groups attached to an aromatic ring is 1. The number of carbonyl (C=O) groups is 1. The molecule has 0 radical (unpaired) electrons. The molecular formula is C16H26N4O. The van der Waals surface area contributed by atoms with Crippen molar-refractivity contribution in [1.29, 1.82) is 0 Å². The summed E-state index contributed by atoms with van der Waals surface area (Å²) in [6.45, 7) is 0.851. The van der Waals surface area contributed by atoms with Gasteiger partial charge in [0, 0.05) is 31.7 Å². The molecule has 0 spiro atoms. The van der Waals surface area contributed by atoms with Crippen molar-refractivity contribution in [1.82, 2.24) is 9.80 Å². The van der Waals surface area contributed by atoms with Crippen molar-refractivity contribution < 1.29 is 4.79 Å². The second-order valence-electron chi connectivity index (χ2n) is 6.33. The second kappa shape index (κ2) is 5.93. The van der Waals surface area contributed by atoms with Crippen molar-refractivity contribution in [3.8, 4) is 0 Å². The Hall–Kier alpha value is -1.75. The molecule has 1 amide bonds. The second-order valence-corrected chi connectivity index (χ2v) is 6.33. The molecule has 5 heteroatoms. The van der Waals surface area contributed by atoms with Crippen LogP contribution in [0.15, 0.2) is 18.2 Å². The van der Waals surface area contributed by atoms with E-state index in [0.29, 0.717) is 11.3 Å². The third-order valence-electron chi connectivity index (χ3n) is 4.55. The van der Waals surface area contributed by atoms with E-state index in [1.165, 1.54) is 19.3 Å². The van der Waals surface area contributed by atoms with Crippen LogP contribution >= 0.6 is 0 Å². The molecule has 1 saturated carbocycles. The number of hydrogen-bond donors (Lipinski definition) is 2. The van der Waals surface area contributed by atoms with E-state index in [-0.39, 0.29) is 11.4 Å². The van der Waals surface area contributed by atoms with Gasteiger partial charge in [-0.2, -0.15) is 0 Å². The fourth-order valence-electron chi connectivity index (χ4n) is 2.73. The lowest BCUT2D eigenvalue weighted by Gasteiger charge is -2.47. The molecule has 0 bridgehead atoms. The smallest absolute Gasteiger partial charge is 0.253 e. The number of nitrogens with zero attached hydrogens (tertiary/aromatic N) is 2. The van der Waals surface area contributed by atoms with E-state index in [0.717, 1.165) is 12.2 Å². The topological polar surface area (TPSA) is 61.6 Å². The van der Waals surface area contributed by atoms with Crippen molar-refractivity contribution >= 4 is 17.3 Å². The lowest BCUT2D eigenvalue weighted by atomic mass is 9.75. The van der Waals surface area contributed by atoms with Crippen molar-refractivity contribution in [2.45, 2.75) is 24.8 Å². The molecule has 2 rings (SSSR count). The zero-order valence-corrected chi connectivity index (χ0v) is 13.4. The molecule has 1 fully saturated rings. The normalized spacial score (nSPS) is 16.4. The van der Waals surface area contributed by atoms with E-state index < -0.39 is 0 Å². The van der Waals surface area contributed by atoms with E-state index in [1.54, 1.807) is 31.1 Å². The van der Waals surface area contributed by atoms with Gasteiger partial charge in [-0.3, -0.25) is 4.79 Å². The minimum Gasteiger partial charge on any atom is -0.397 e. The van der Waals surface area contributed by atoms with Crippen LogP contribution in [0.3, 0.4) is 0 Å². The van der Waals surface area contributed by atoms with E-state index >= 15 is 0 Å². The highest BCUT2D eigenvalue weighted by atomic mass is 16.2. The summed E-state index contributed by atoms with van der Waals surface area (Å²) in [5, 5.41) is 3.43. The van der Waals surface area contributed by atoms with Crippen LogP contribution in [0.5, 0.6) is 0 Å². The van der Waals surface area contributed by atoms with Crippen molar-refractivity contribution in [3.63, 3.8) is 0 Å². The molecule has 1 aromatic rings. The molecule has 1 aromatic carbocycles. The first-order valence-electron chi connectivity index (χ1n) is 7.38. The number of nitrogens with two attached hydrogens (primary N) is 1. The van der Waals surface area contributed by atoms with Gasteiger partial charge in [-0.1, -0.05) is 0 Å². The van der Waals surface area contributed by atoms with Crippen molar-refractivity contribution in [2.24, 2.45) is 0 Å². The van der Waals surface area contributed by atoms with Crippen LogP contribution in [-0.4, -0.2) is 56.0 Å². The third-order valence-corrected chi connectivity index (χ3v) is 4.55. The number of hydrogen-bond acceptors (Lipinski definition) is 4. The number of anilines is 2. The van der Waals surface area contributed by atoms with Gasteiger partial charge in [0.15, 0.2) is 0 Å². The number of likely N-dealkylation sites (N-methyl/N-ethyl adjacent to an activating group) is 1. The third kappa shape index (κ3) is 3.13. The van der Waals surface area contributed by atoms with Crippen LogP contribution < -0.4 is 11.1 Å².